The molecule has 0 fully saturated rings. The number of hydrogen-bond acceptors (Lipinski definition) is 14. The molecule has 0 bridgehead atoms. The lowest BCUT2D eigenvalue weighted by molar-refractivity contribution is -0.139. The number of aliphatic hydroxyl groups excluding tert-OH is 1. The van der Waals surface area contributed by atoms with Gasteiger partial charge in [-0.1, -0.05) is 30.3 Å². The van der Waals surface area contributed by atoms with Gasteiger partial charge in [-0.15, -0.1) is 0 Å². The summed E-state index contributed by atoms with van der Waals surface area (Å²) in [5.74, 6) is -1.58. The van der Waals surface area contributed by atoms with Crippen LogP contribution in [0.15, 0.2) is 30.3 Å². The van der Waals surface area contributed by atoms with Gasteiger partial charge in [-0.05, 0) is 0 Å². The fraction of sp³-hybridized carbons (Fsp3) is 0.733. The Morgan fingerprint density at radius 1 is 0.409 bits per heavy atom. The van der Waals surface area contributed by atoms with Crippen molar-refractivity contribution in [2.75, 3.05) is 145 Å². The lowest BCUT2D eigenvalue weighted by Crippen LogP contribution is -2.20. The molecule has 1 aromatic rings. The van der Waals surface area contributed by atoms with Gasteiger partial charge in [0.05, 0.1) is 139 Å². The molecule has 14 heteroatoms. The first-order chi connectivity index (χ1) is 21.8. The van der Waals surface area contributed by atoms with E-state index in [4.69, 9.17) is 57.2 Å². The molecule has 0 aliphatic rings. The molecule has 0 saturated carbocycles. The molecule has 0 aromatic heterocycles. The Labute approximate surface area is 260 Å². The highest BCUT2D eigenvalue weighted by molar-refractivity contribution is 6.40. The van der Waals surface area contributed by atoms with Crippen molar-refractivity contribution in [2.24, 2.45) is 0 Å². The first-order valence-electron chi connectivity index (χ1n) is 14.9. The molecule has 14 nitrogen and oxygen atoms in total. The molecule has 0 atom stereocenters. The second-order valence-electron chi connectivity index (χ2n) is 8.68. The molecule has 0 aliphatic heterocycles. The van der Waals surface area contributed by atoms with Crippen molar-refractivity contribution in [3.63, 3.8) is 0 Å². The molecule has 0 heterocycles. The Morgan fingerprint density at radius 2 is 0.682 bits per heavy atom. The quantitative estimate of drug-likeness (QED) is 0.0486. The number of carbonyl (C=O) groups is 2. The molecule has 0 spiro atoms. The Kier molecular flexibility index (Phi) is 29.3. The first-order valence-corrected chi connectivity index (χ1v) is 14.9. The molecule has 1 aromatic carbocycles. The van der Waals surface area contributed by atoms with Gasteiger partial charge < -0.3 is 57.2 Å². The predicted octanol–water partition coefficient (Wildman–Crippen LogP) is 0.571. The van der Waals surface area contributed by atoms with E-state index in [0.29, 0.717) is 131 Å². The van der Waals surface area contributed by atoms with Gasteiger partial charge >= 0.3 is 5.97 Å². The van der Waals surface area contributed by atoms with Gasteiger partial charge in [-0.25, -0.2) is 4.79 Å². The van der Waals surface area contributed by atoms with Crippen molar-refractivity contribution in [3.05, 3.63) is 35.9 Å². The van der Waals surface area contributed by atoms with Crippen LogP contribution in [0.1, 0.15) is 10.4 Å². The highest BCUT2D eigenvalue weighted by Crippen LogP contribution is 2.01. The standard InChI is InChI=1S/C30H50O14/c31-6-7-34-8-9-35-10-11-36-12-13-37-14-15-38-16-17-39-18-19-40-20-21-41-22-23-42-24-25-43-26-27-44-30(33)29(32)28-4-2-1-3-5-28/h1-5,31H,6-27H2. The van der Waals surface area contributed by atoms with Crippen LogP contribution in [-0.2, 0) is 56.9 Å². The average molecular weight is 635 g/mol. The molecule has 0 amide bonds. The number of esters is 1. The fourth-order valence-electron chi connectivity index (χ4n) is 3.11. The number of aliphatic hydroxyl groups is 1. The molecular formula is C30H50O14. The third kappa shape index (κ3) is 26.3. The topological polar surface area (TPSA) is 156 Å². The number of benzene rings is 1. The Bertz CT molecular complexity index is 767. The molecular weight excluding hydrogens is 584 g/mol. The Hall–Kier alpha value is -2.08. The van der Waals surface area contributed by atoms with Crippen LogP contribution in [-0.4, -0.2) is 162 Å². The van der Waals surface area contributed by atoms with E-state index in [-0.39, 0.29) is 19.8 Å². The van der Waals surface area contributed by atoms with E-state index >= 15 is 0 Å². The predicted molar refractivity (Wildman–Crippen MR) is 157 cm³/mol. The van der Waals surface area contributed by atoms with Crippen LogP contribution in [0.4, 0.5) is 0 Å². The lowest BCUT2D eigenvalue weighted by atomic mass is 10.1. The maximum Gasteiger partial charge on any atom is 0.379 e. The van der Waals surface area contributed by atoms with Gasteiger partial charge in [0.25, 0.3) is 5.78 Å². The summed E-state index contributed by atoms with van der Waals surface area (Å²) < 4.78 is 58.6. The monoisotopic (exact) mass is 634 g/mol. The third-order valence-corrected chi connectivity index (χ3v) is 5.27. The number of hydrogen-bond donors (Lipinski definition) is 1. The van der Waals surface area contributed by atoms with E-state index in [1.54, 1.807) is 30.3 Å². The minimum atomic E-state index is -0.899. The number of Topliss-reactive ketones (excluding diaryl/α,β-unsaturated/α-hetero) is 1. The zero-order chi connectivity index (χ0) is 31.6. The molecule has 0 unspecified atom stereocenters. The largest absolute Gasteiger partial charge is 0.457 e. The summed E-state index contributed by atoms with van der Waals surface area (Å²) in [5, 5.41) is 8.57. The van der Waals surface area contributed by atoms with E-state index in [9.17, 15) is 9.59 Å². The summed E-state index contributed by atoms with van der Waals surface area (Å²) in [6.45, 7) is 8.80. The summed E-state index contributed by atoms with van der Waals surface area (Å²) in [6, 6.07) is 8.25. The zero-order valence-corrected chi connectivity index (χ0v) is 25.7. The van der Waals surface area contributed by atoms with E-state index in [1.165, 1.54) is 0 Å². The van der Waals surface area contributed by atoms with E-state index < -0.39 is 11.8 Å². The number of ketones is 1. The number of carbonyl (C=O) groups excluding carboxylic acids is 2. The summed E-state index contributed by atoms with van der Waals surface area (Å²) >= 11 is 0. The van der Waals surface area contributed by atoms with Crippen molar-refractivity contribution in [1.29, 1.82) is 0 Å². The van der Waals surface area contributed by atoms with Crippen LogP contribution in [0.2, 0.25) is 0 Å². The lowest BCUT2D eigenvalue weighted by Gasteiger charge is -2.09. The van der Waals surface area contributed by atoms with E-state index in [0.717, 1.165) is 0 Å². The summed E-state index contributed by atoms with van der Waals surface area (Å²) in [4.78, 5) is 23.6. The third-order valence-electron chi connectivity index (χ3n) is 5.27. The van der Waals surface area contributed by atoms with Crippen molar-refractivity contribution < 1.29 is 66.8 Å². The summed E-state index contributed by atoms with van der Waals surface area (Å²) in [5.41, 5.74) is 0.294. The van der Waals surface area contributed by atoms with Gasteiger partial charge in [-0.3, -0.25) is 4.79 Å². The highest BCUT2D eigenvalue weighted by Gasteiger charge is 2.17. The first kappa shape index (κ1) is 39.9. The van der Waals surface area contributed by atoms with Crippen molar-refractivity contribution in [3.8, 4) is 0 Å². The molecule has 0 saturated heterocycles. The Balaban J connectivity index is 1.67. The van der Waals surface area contributed by atoms with Crippen LogP contribution >= 0.6 is 0 Å². The van der Waals surface area contributed by atoms with Crippen molar-refractivity contribution in [1.82, 2.24) is 0 Å². The number of ether oxygens (including phenoxy) is 11. The fourth-order valence-corrected chi connectivity index (χ4v) is 3.11. The molecule has 0 radical (unpaired) electrons. The SMILES string of the molecule is O=C(OCCOCCOCCOCCOCCOCCOCCOCCOCCOCCOCCO)C(=O)c1ccccc1. The van der Waals surface area contributed by atoms with Gasteiger partial charge in [0, 0.05) is 5.56 Å². The summed E-state index contributed by atoms with van der Waals surface area (Å²) in [7, 11) is 0. The normalized spacial score (nSPS) is 11.2. The van der Waals surface area contributed by atoms with Gasteiger partial charge in [0.2, 0.25) is 0 Å². The van der Waals surface area contributed by atoms with Crippen LogP contribution < -0.4 is 0 Å². The molecule has 0 aliphatic carbocycles. The molecule has 1 rings (SSSR count). The van der Waals surface area contributed by atoms with Crippen LogP contribution in [0, 0.1) is 0 Å². The molecule has 1 N–H and O–H groups in total. The average Bonchev–Trinajstić information content (AvgIpc) is 3.05. The summed E-state index contributed by atoms with van der Waals surface area (Å²) in [6.07, 6.45) is 0. The molecule has 44 heavy (non-hydrogen) atoms. The zero-order valence-electron chi connectivity index (χ0n) is 25.7. The highest BCUT2D eigenvalue weighted by atomic mass is 16.6. The van der Waals surface area contributed by atoms with Gasteiger partial charge in [-0.2, -0.15) is 0 Å². The van der Waals surface area contributed by atoms with E-state index in [2.05, 4.69) is 0 Å². The molecule has 254 valence electrons. The maximum absolute atomic E-state index is 11.9. The van der Waals surface area contributed by atoms with E-state index in [1.807, 2.05) is 0 Å². The smallest absolute Gasteiger partial charge is 0.379 e. The van der Waals surface area contributed by atoms with Crippen LogP contribution in [0.3, 0.4) is 0 Å². The van der Waals surface area contributed by atoms with Gasteiger partial charge in [0.15, 0.2) is 0 Å². The Morgan fingerprint density at radius 3 is 0.977 bits per heavy atom. The van der Waals surface area contributed by atoms with Crippen LogP contribution in [0.25, 0.3) is 0 Å². The maximum atomic E-state index is 11.9. The van der Waals surface area contributed by atoms with Crippen LogP contribution in [0.5, 0.6) is 0 Å². The van der Waals surface area contributed by atoms with Crippen molar-refractivity contribution >= 4 is 11.8 Å². The minimum Gasteiger partial charge on any atom is -0.457 e. The minimum absolute atomic E-state index is 0.00388. The van der Waals surface area contributed by atoms with Crippen molar-refractivity contribution in [2.45, 2.75) is 0 Å². The van der Waals surface area contributed by atoms with Gasteiger partial charge in [0.1, 0.15) is 6.61 Å². The second kappa shape index (κ2) is 32.3. The second-order valence-corrected chi connectivity index (χ2v) is 8.68. The number of rotatable bonds is 34.